The summed E-state index contributed by atoms with van der Waals surface area (Å²) in [4.78, 5) is 0. The van der Waals surface area contributed by atoms with Gasteiger partial charge in [-0.2, -0.15) is 0 Å². The first-order chi connectivity index (χ1) is 6.74. The topological polar surface area (TPSA) is 38.7 Å². The molecule has 0 spiro atoms. The summed E-state index contributed by atoms with van der Waals surface area (Å²) in [6.07, 6.45) is -0.467. The van der Waals surface area contributed by atoms with Gasteiger partial charge >= 0.3 is 0 Å². The van der Waals surface area contributed by atoms with Crippen LogP contribution >= 0.6 is 0 Å². The Morgan fingerprint density at radius 2 is 2.21 bits per heavy atom. The van der Waals surface area contributed by atoms with Crippen molar-refractivity contribution >= 4 is 0 Å². The highest BCUT2D eigenvalue weighted by molar-refractivity contribution is 5.29. The van der Waals surface area contributed by atoms with E-state index in [4.69, 9.17) is 9.47 Å². The lowest BCUT2D eigenvalue weighted by Gasteiger charge is -2.09. The van der Waals surface area contributed by atoms with Crippen LogP contribution < -0.4 is 4.74 Å². The zero-order valence-corrected chi connectivity index (χ0v) is 8.56. The predicted molar refractivity (Wildman–Crippen MR) is 54.2 cm³/mol. The fourth-order valence-corrected chi connectivity index (χ4v) is 1.06. The highest BCUT2D eigenvalue weighted by Crippen LogP contribution is 2.18. The van der Waals surface area contributed by atoms with Crippen LogP contribution in [0.4, 0.5) is 0 Å². The Bertz CT molecular complexity index is 271. The second kappa shape index (κ2) is 5.62. The Labute approximate surface area is 84.3 Å². The summed E-state index contributed by atoms with van der Waals surface area (Å²) in [6, 6.07) is 7.36. The minimum absolute atomic E-state index is 0.250. The summed E-state index contributed by atoms with van der Waals surface area (Å²) in [5.41, 5.74) is 0.846. The first kappa shape index (κ1) is 11.0. The van der Waals surface area contributed by atoms with Crippen molar-refractivity contribution in [3.63, 3.8) is 0 Å². The van der Waals surface area contributed by atoms with Gasteiger partial charge in [-0.1, -0.05) is 12.1 Å². The van der Waals surface area contributed by atoms with Gasteiger partial charge in [0.25, 0.3) is 0 Å². The van der Waals surface area contributed by atoms with Gasteiger partial charge < -0.3 is 14.6 Å². The van der Waals surface area contributed by atoms with Gasteiger partial charge in [-0.05, 0) is 31.5 Å². The van der Waals surface area contributed by atoms with Gasteiger partial charge in [-0.25, -0.2) is 0 Å². The predicted octanol–water partition coefficient (Wildman–Crippen LogP) is 2.11. The van der Waals surface area contributed by atoms with Gasteiger partial charge in [-0.3, -0.25) is 0 Å². The molecule has 1 aromatic carbocycles. The van der Waals surface area contributed by atoms with Crippen LogP contribution in [-0.2, 0) is 4.74 Å². The van der Waals surface area contributed by atoms with Crippen molar-refractivity contribution in [1.29, 1.82) is 0 Å². The molecular weight excluding hydrogens is 180 g/mol. The number of hydrogen-bond donors (Lipinski definition) is 1. The largest absolute Gasteiger partial charge is 0.468 e. The minimum atomic E-state index is -0.467. The molecule has 3 nitrogen and oxygen atoms in total. The highest BCUT2D eigenvalue weighted by Gasteiger charge is 2.01. The van der Waals surface area contributed by atoms with Gasteiger partial charge in [0.15, 0.2) is 6.79 Å². The summed E-state index contributed by atoms with van der Waals surface area (Å²) < 4.78 is 10.4. The molecule has 1 atom stereocenters. The van der Waals surface area contributed by atoms with Gasteiger partial charge in [-0.15, -0.1) is 0 Å². The Morgan fingerprint density at radius 1 is 1.43 bits per heavy atom. The lowest BCUT2D eigenvalue weighted by molar-refractivity contribution is 0.0222. The van der Waals surface area contributed by atoms with E-state index in [9.17, 15) is 5.11 Å². The third-order valence-electron chi connectivity index (χ3n) is 1.85. The molecule has 14 heavy (non-hydrogen) atoms. The molecule has 1 rings (SSSR count). The van der Waals surface area contributed by atoms with E-state index in [0.29, 0.717) is 6.61 Å². The molecule has 0 fully saturated rings. The summed E-state index contributed by atoms with van der Waals surface area (Å²) >= 11 is 0. The number of aliphatic hydroxyl groups excluding tert-OH is 1. The number of hydrogen-bond acceptors (Lipinski definition) is 3. The zero-order valence-electron chi connectivity index (χ0n) is 8.56. The van der Waals surface area contributed by atoms with Crippen LogP contribution in [0.5, 0.6) is 5.75 Å². The van der Waals surface area contributed by atoms with Gasteiger partial charge in [0.05, 0.1) is 6.10 Å². The van der Waals surface area contributed by atoms with Crippen LogP contribution in [0.25, 0.3) is 0 Å². The molecule has 0 aliphatic carbocycles. The molecule has 1 N–H and O–H groups in total. The molecule has 0 bridgehead atoms. The maximum Gasteiger partial charge on any atom is 0.189 e. The molecule has 0 aliphatic rings. The average Bonchev–Trinajstić information content (AvgIpc) is 2.19. The van der Waals surface area contributed by atoms with Crippen molar-refractivity contribution in [2.45, 2.75) is 20.0 Å². The molecular formula is C11H16O3. The number of aliphatic hydroxyl groups is 1. The SMILES string of the molecule is CCOCOc1cccc(C(C)O)c1. The normalized spacial score (nSPS) is 12.5. The molecule has 3 heteroatoms. The van der Waals surface area contributed by atoms with Crippen molar-refractivity contribution < 1.29 is 14.6 Å². The number of ether oxygens (including phenoxy) is 2. The minimum Gasteiger partial charge on any atom is -0.468 e. The maximum absolute atomic E-state index is 9.33. The molecule has 78 valence electrons. The average molecular weight is 196 g/mol. The van der Waals surface area contributed by atoms with Crippen molar-refractivity contribution in [2.24, 2.45) is 0 Å². The third-order valence-corrected chi connectivity index (χ3v) is 1.85. The first-order valence-corrected chi connectivity index (χ1v) is 4.72. The van der Waals surface area contributed by atoms with Gasteiger partial charge in [0.1, 0.15) is 5.75 Å². The second-order valence-corrected chi connectivity index (χ2v) is 3.00. The molecule has 0 saturated carbocycles. The Morgan fingerprint density at radius 3 is 2.86 bits per heavy atom. The van der Waals surface area contributed by atoms with Gasteiger partial charge in [0.2, 0.25) is 0 Å². The lowest BCUT2D eigenvalue weighted by atomic mass is 10.1. The van der Waals surface area contributed by atoms with Crippen LogP contribution in [0.15, 0.2) is 24.3 Å². The van der Waals surface area contributed by atoms with E-state index in [1.807, 2.05) is 31.2 Å². The third kappa shape index (κ3) is 3.36. The van der Waals surface area contributed by atoms with Crippen molar-refractivity contribution in [3.05, 3.63) is 29.8 Å². The van der Waals surface area contributed by atoms with E-state index in [-0.39, 0.29) is 6.79 Å². The summed E-state index contributed by atoms with van der Waals surface area (Å²) in [5, 5.41) is 9.33. The van der Waals surface area contributed by atoms with E-state index < -0.39 is 6.10 Å². The fraction of sp³-hybridized carbons (Fsp3) is 0.455. The lowest BCUT2D eigenvalue weighted by Crippen LogP contribution is -2.02. The number of benzene rings is 1. The zero-order chi connectivity index (χ0) is 10.4. The first-order valence-electron chi connectivity index (χ1n) is 4.72. The van der Waals surface area contributed by atoms with E-state index in [1.165, 1.54) is 0 Å². The van der Waals surface area contributed by atoms with Crippen LogP contribution in [0.3, 0.4) is 0 Å². The molecule has 0 heterocycles. The van der Waals surface area contributed by atoms with Crippen molar-refractivity contribution in [2.75, 3.05) is 13.4 Å². The summed E-state index contributed by atoms with van der Waals surface area (Å²) in [7, 11) is 0. The fourth-order valence-electron chi connectivity index (χ4n) is 1.06. The monoisotopic (exact) mass is 196 g/mol. The van der Waals surface area contributed by atoms with E-state index >= 15 is 0 Å². The molecule has 0 aromatic heterocycles. The van der Waals surface area contributed by atoms with Crippen LogP contribution in [0.1, 0.15) is 25.5 Å². The van der Waals surface area contributed by atoms with Crippen LogP contribution in [-0.4, -0.2) is 18.5 Å². The van der Waals surface area contributed by atoms with Crippen molar-refractivity contribution in [3.8, 4) is 5.75 Å². The Balaban J connectivity index is 2.55. The van der Waals surface area contributed by atoms with E-state index in [0.717, 1.165) is 11.3 Å². The molecule has 0 saturated heterocycles. The highest BCUT2D eigenvalue weighted by atomic mass is 16.7. The quantitative estimate of drug-likeness (QED) is 0.579. The van der Waals surface area contributed by atoms with E-state index in [2.05, 4.69) is 0 Å². The Hall–Kier alpha value is -1.06. The molecule has 1 unspecified atom stereocenters. The molecule has 1 aromatic rings. The molecule has 0 radical (unpaired) electrons. The Kier molecular flexibility index (Phi) is 4.43. The maximum atomic E-state index is 9.33. The standard InChI is InChI=1S/C11H16O3/c1-3-13-8-14-11-6-4-5-10(7-11)9(2)12/h4-7,9,12H,3,8H2,1-2H3. The molecule has 0 aliphatic heterocycles. The van der Waals surface area contributed by atoms with Crippen LogP contribution in [0.2, 0.25) is 0 Å². The molecule has 0 amide bonds. The van der Waals surface area contributed by atoms with Crippen molar-refractivity contribution in [1.82, 2.24) is 0 Å². The smallest absolute Gasteiger partial charge is 0.189 e. The van der Waals surface area contributed by atoms with Crippen LogP contribution in [0, 0.1) is 0 Å². The van der Waals surface area contributed by atoms with Gasteiger partial charge in [0, 0.05) is 6.61 Å². The summed E-state index contributed by atoms with van der Waals surface area (Å²) in [5.74, 6) is 0.719. The second-order valence-electron chi connectivity index (χ2n) is 3.00. The van der Waals surface area contributed by atoms with E-state index in [1.54, 1.807) is 6.92 Å². The number of rotatable bonds is 5. The summed E-state index contributed by atoms with van der Waals surface area (Å²) in [6.45, 7) is 4.52.